The zero-order valence-corrected chi connectivity index (χ0v) is 12.4. The summed E-state index contributed by atoms with van der Waals surface area (Å²) in [4.78, 5) is 12.4. The average Bonchev–Trinajstić information content (AvgIpc) is 2.92. The summed E-state index contributed by atoms with van der Waals surface area (Å²) in [6.45, 7) is 4.72. The Morgan fingerprint density at radius 3 is 2.85 bits per heavy atom. The van der Waals surface area contributed by atoms with Gasteiger partial charge in [0, 0.05) is 24.4 Å². The lowest BCUT2D eigenvalue weighted by atomic mass is 9.98. The fourth-order valence-corrected chi connectivity index (χ4v) is 3.19. The number of hydrogen-bond acceptors (Lipinski definition) is 2. The second kappa shape index (κ2) is 5.06. The summed E-state index contributed by atoms with van der Waals surface area (Å²) in [6, 6.07) is 7.87. The van der Waals surface area contributed by atoms with Gasteiger partial charge < -0.3 is 0 Å². The first-order valence-corrected chi connectivity index (χ1v) is 7.33. The van der Waals surface area contributed by atoms with E-state index in [4.69, 9.17) is 11.6 Å². The first-order chi connectivity index (χ1) is 9.61. The van der Waals surface area contributed by atoms with Crippen molar-refractivity contribution in [1.82, 2.24) is 9.78 Å². The molecule has 0 bridgehead atoms. The van der Waals surface area contributed by atoms with Gasteiger partial charge in [-0.2, -0.15) is 5.10 Å². The van der Waals surface area contributed by atoms with E-state index >= 15 is 0 Å². The number of aryl methyl sites for hydroxylation is 2. The highest BCUT2D eigenvalue weighted by Gasteiger charge is 2.31. The molecular formula is C16H17ClN2O. The highest BCUT2D eigenvalue weighted by atomic mass is 35.5. The van der Waals surface area contributed by atoms with Crippen molar-refractivity contribution in [3.8, 4) is 0 Å². The largest absolute Gasteiger partial charge is 0.294 e. The standard InChI is InChI=1S/C16H17ClN2O/c1-3-19-14(15(17)10(2)18-19)9-12-8-11-6-4-5-7-13(11)16(12)20/h4-7,12H,3,8-9H2,1-2H3. The predicted octanol–water partition coefficient (Wildman–Crippen LogP) is 3.46. The minimum Gasteiger partial charge on any atom is -0.294 e. The van der Waals surface area contributed by atoms with E-state index in [1.54, 1.807) is 0 Å². The molecule has 1 aliphatic rings. The lowest BCUT2D eigenvalue weighted by Gasteiger charge is -2.10. The maximum Gasteiger partial charge on any atom is 0.166 e. The summed E-state index contributed by atoms with van der Waals surface area (Å²) in [7, 11) is 0. The van der Waals surface area contributed by atoms with Gasteiger partial charge in [0.05, 0.1) is 16.4 Å². The van der Waals surface area contributed by atoms with Crippen LogP contribution in [0.25, 0.3) is 0 Å². The molecule has 0 N–H and O–H groups in total. The van der Waals surface area contributed by atoms with Crippen LogP contribution in [0.3, 0.4) is 0 Å². The molecule has 2 aromatic rings. The average molecular weight is 289 g/mol. The lowest BCUT2D eigenvalue weighted by Crippen LogP contribution is -2.15. The van der Waals surface area contributed by atoms with Crippen LogP contribution in [0.2, 0.25) is 5.02 Å². The SMILES string of the molecule is CCn1nc(C)c(Cl)c1CC1Cc2ccccc2C1=O. The van der Waals surface area contributed by atoms with Gasteiger partial charge in [0.2, 0.25) is 0 Å². The number of rotatable bonds is 3. The molecule has 0 fully saturated rings. The number of aromatic nitrogens is 2. The maximum atomic E-state index is 12.4. The van der Waals surface area contributed by atoms with Crippen molar-refractivity contribution in [2.24, 2.45) is 5.92 Å². The third-order valence-electron chi connectivity index (χ3n) is 4.01. The number of nitrogens with zero attached hydrogens (tertiary/aromatic N) is 2. The molecule has 4 heteroatoms. The molecule has 0 saturated heterocycles. The molecule has 1 aromatic carbocycles. The molecule has 0 aliphatic heterocycles. The van der Waals surface area contributed by atoms with E-state index in [9.17, 15) is 4.79 Å². The van der Waals surface area contributed by atoms with Crippen LogP contribution in [0, 0.1) is 12.8 Å². The Morgan fingerprint density at radius 1 is 1.40 bits per heavy atom. The van der Waals surface area contributed by atoms with E-state index in [0.29, 0.717) is 11.4 Å². The van der Waals surface area contributed by atoms with Crippen LogP contribution in [-0.2, 0) is 19.4 Å². The number of halogens is 1. The molecule has 0 spiro atoms. The minimum atomic E-state index is -0.00806. The molecule has 3 nitrogen and oxygen atoms in total. The normalized spacial score (nSPS) is 17.6. The Hall–Kier alpha value is -1.61. The number of carbonyl (C=O) groups excluding carboxylic acids is 1. The third kappa shape index (κ3) is 2.06. The first-order valence-electron chi connectivity index (χ1n) is 6.95. The molecule has 1 unspecified atom stereocenters. The van der Waals surface area contributed by atoms with Crippen LogP contribution in [0.5, 0.6) is 0 Å². The molecule has 1 aliphatic carbocycles. The van der Waals surface area contributed by atoms with Crippen molar-refractivity contribution in [3.63, 3.8) is 0 Å². The van der Waals surface area contributed by atoms with Gasteiger partial charge in [-0.25, -0.2) is 0 Å². The Balaban J connectivity index is 1.89. The van der Waals surface area contributed by atoms with Gasteiger partial charge in [-0.3, -0.25) is 9.48 Å². The Morgan fingerprint density at radius 2 is 2.15 bits per heavy atom. The fraction of sp³-hybridized carbons (Fsp3) is 0.375. The Bertz CT molecular complexity index is 675. The van der Waals surface area contributed by atoms with E-state index in [2.05, 4.69) is 5.10 Å². The molecule has 0 radical (unpaired) electrons. The van der Waals surface area contributed by atoms with Crippen molar-refractivity contribution >= 4 is 17.4 Å². The van der Waals surface area contributed by atoms with Crippen LogP contribution in [-0.4, -0.2) is 15.6 Å². The molecule has 0 amide bonds. The monoisotopic (exact) mass is 288 g/mol. The second-order valence-electron chi connectivity index (χ2n) is 5.29. The van der Waals surface area contributed by atoms with Crippen molar-refractivity contribution in [3.05, 3.63) is 51.8 Å². The number of Topliss-reactive ketones (excluding diaryl/α,β-unsaturated/α-hetero) is 1. The van der Waals surface area contributed by atoms with Crippen LogP contribution in [0.4, 0.5) is 0 Å². The van der Waals surface area contributed by atoms with Gasteiger partial charge in [-0.05, 0) is 25.8 Å². The summed E-state index contributed by atoms with van der Waals surface area (Å²) in [5.41, 5.74) is 3.84. The summed E-state index contributed by atoms with van der Waals surface area (Å²) in [6.07, 6.45) is 1.47. The highest BCUT2D eigenvalue weighted by molar-refractivity contribution is 6.31. The molecule has 104 valence electrons. The summed E-state index contributed by atoms with van der Waals surface area (Å²) >= 11 is 6.34. The molecule has 1 atom stereocenters. The maximum absolute atomic E-state index is 12.4. The first kappa shape index (κ1) is 13.4. The quantitative estimate of drug-likeness (QED) is 0.867. The van der Waals surface area contributed by atoms with Gasteiger partial charge in [-0.15, -0.1) is 0 Å². The molecular weight excluding hydrogens is 272 g/mol. The number of carbonyl (C=O) groups is 1. The van der Waals surface area contributed by atoms with Gasteiger partial charge in [0.1, 0.15) is 0 Å². The smallest absolute Gasteiger partial charge is 0.166 e. The van der Waals surface area contributed by atoms with Crippen molar-refractivity contribution in [2.45, 2.75) is 33.2 Å². The van der Waals surface area contributed by atoms with Crippen LogP contribution < -0.4 is 0 Å². The Kier molecular flexibility index (Phi) is 3.38. The number of benzene rings is 1. The zero-order chi connectivity index (χ0) is 14.3. The number of hydrogen-bond donors (Lipinski definition) is 0. The van der Waals surface area contributed by atoms with Gasteiger partial charge >= 0.3 is 0 Å². The van der Waals surface area contributed by atoms with Gasteiger partial charge in [-0.1, -0.05) is 35.9 Å². The number of fused-ring (bicyclic) bond motifs is 1. The van der Waals surface area contributed by atoms with Crippen LogP contribution >= 0.6 is 11.6 Å². The minimum absolute atomic E-state index is 0.00806. The molecule has 20 heavy (non-hydrogen) atoms. The summed E-state index contributed by atoms with van der Waals surface area (Å²) in [5.74, 6) is 0.226. The van der Waals surface area contributed by atoms with Crippen molar-refractivity contribution < 1.29 is 4.79 Å². The number of ketones is 1. The molecule has 1 heterocycles. The zero-order valence-electron chi connectivity index (χ0n) is 11.7. The Labute approximate surface area is 123 Å². The second-order valence-corrected chi connectivity index (χ2v) is 5.67. The third-order valence-corrected chi connectivity index (χ3v) is 4.50. The summed E-state index contributed by atoms with van der Waals surface area (Å²) < 4.78 is 1.91. The molecule has 3 rings (SSSR count). The molecule has 0 saturated carbocycles. The fourth-order valence-electron chi connectivity index (χ4n) is 2.98. The van der Waals surface area contributed by atoms with E-state index < -0.39 is 0 Å². The van der Waals surface area contributed by atoms with Gasteiger partial charge in [0.25, 0.3) is 0 Å². The van der Waals surface area contributed by atoms with Crippen molar-refractivity contribution in [1.29, 1.82) is 0 Å². The van der Waals surface area contributed by atoms with Crippen molar-refractivity contribution in [2.75, 3.05) is 0 Å². The van der Waals surface area contributed by atoms with E-state index in [1.807, 2.05) is 42.8 Å². The summed E-state index contributed by atoms with van der Waals surface area (Å²) in [5, 5.41) is 5.12. The van der Waals surface area contributed by atoms with E-state index in [1.165, 1.54) is 0 Å². The van der Waals surface area contributed by atoms with Crippen LogP contribution in [0.1, 0.15) is 34.2 Å². The molecule has 1 aromatic heterocycles. The van der Waals surface area contributed by atoms with Crippen LogP contribution in [0.15, 0.2) is 24.3 Å². The topological polar surface area (TPSA) is 34.9 Å². The predicted molar refractivity (Wildman–Crippen MR) is 79.3 cm³/mol. The van der Waals surface area contributed by atoms with E-state index in [-0.39, 0.29) is 11.7 Å². The lowest BCUT2D eigenvalue weighted by molar-refractivity contribution is 0.0935. The van der Waals surface area contributed by atoms with E-state index in [0.717, 1.165) is 35.5 Å². The van der Waals surface area contributed by atoms with Gasteiger partial charge in [0.15, 0.2) is 5.78 Å². The highest BCUT2D eigenvalue weighted by Crippen LogP contribution is 2.31.